The lowest BCUT2D eigenvalue weighted by Gasteiger charge is -2.06. The van der Waals surface area contributed by atoms with Crippen molar-refractivity contribution in [3.05, 3.63) is 35.1 Å². The summed E-state index contributed by atoms with van der Waals surface area (Å²) in [6.07, 6.45) is 0.722. The van der Waals surface area contributed by atoms with E-state index in [1.165, 1.54) is 4.88 Å². The molecule has 2 heterocycles. The van der Waals surface area contributed by atoms with Crippen LogP contribution in [0.4, 0.5) is 0 Å². The maximum absolute atomic E-state index is 5.77. The second-order valence-corrected chi connectivity index (χ2v) is 4.92. The van der Waals surface area contributed by atoms with E-state index in [2.05, 4.69) is 21.4 Å². The summed E-state index contributed by atoms with van der Waals surface area (Å²) < 4.78 is 0. The van der Waals surface area contributed by atoms with Gasteiger partial charge in [-0.1, -0.05) is 6.07 Å². The Morgan fingerprint density at radius 2 is 2.25 bits per heavy atom. The molecule has 16 heavy (non-hydrogen) atoms. The van der Waals surface area contributed by atoms with Crippen LogP contribution < -0.4 is 5.73 Å². The van der Waals surface area contributed by atoms with Gasteiger partial charge in [0.05, 0.1) is 10.6 Å². The van der Waals surface area contributed by atoms with Gasteiger partial charge in [-0.05, 0) is 31.4 Å². The van der Waals surface area contributed by atoms with Crippen LogP contribution in [0.2, 0.25) is 0 Å². The number of aromatic nitrogens is 2. The monoisotopic (exact) mass is 233 g/mol. The van der Waals surface area contributed by atoms with E-state index in [1.54, 1.807) is 11.3 Å². The van der Waals surface area contributed by atoms with E-state index in [-0.39, 0.29) is 6.04 Å². The van der Waals surface area contributed by atoms with Gasteiger partial charge in [0.2, 0.25) is 0 Å². The molecular weight excluding hydrogens is 218 g/mol. The highest BCUT2D eigenvalue weighted by Gasteiger charge is 2.07. The van der Waals surface area contributed by atoms with E-state index in [9.17, 15) is 0 Å². The predicted octanol–water partition coefficient (Wildman–Crippen LogP) is 2.40. The number of thiophene rings is 1. The van der Waals surface area contributed by atoms with Crippen molar-refractivity contribution >= 4 is 11.3 Å². The van der Waals surface area contributed by atoms with E-state index < -0.39 is 0 Å². The molecule has 0 aliphatic rings. The number of hydrogen-bond acceptors (Lipinski definition) is 4. The molecule has 2 aromatic rings. The van der Waals surface area contributed by atoms with Crippen LogP contribution in [0.3, 0.4) is 0 Å². The SMILES string of the molecule is Cc1cc(-c2cccs2)nc(CC(C)N)n1. The molecule has 0 amide bonds. The fourth-order valence-corrected chi connectivity index (χ4v) is 2.25. The predicted molar refractivity (Wildman–Crippen MR) is 67.4 cm³/mol. The van der Waals surface area contributed by atoms with Crippen LogP contribution >= 0.6 is 11.3 Å². The van der Waals surface area contributed by atoms with E-state index in [0.717, 1.165) is 23.6 Å². The molecule has 1 atom stereocenters. The third kappa shape index (κ3) is 2.65. The van der Waals surface area contributed by atoms with Crippen molar-refractivity contribution < 1.29 is 0 Å². The Balaban J connectivity index is 2.36. The summed E-state index contributed by atoms with van der Waals surface area (Å²) in [5, 5.41) is 2.05. The van der Waals surface area contributed by atoms with Gasteiger partial charge in [-0.25, -0.2) is 9.97 Å². The number of rotatable bonds is 3. The average molecular weight is 233 g/mol. The van der Waals surface area contributed by atoms with Crippen molar-refractivity contribution in [1.29, 1.82) is 0 Å². The maximum atomic E-state index is 5.77. The quantitative estimate of drug-likeness (QED) is 0.885. The van der Waals surface area contributed by atoms with E-state index in [0.29, 0.717) is 0 Å². The first kappa shape index (κ1) is 11.2. The first-order valence-corrected chi connectivity index (χ1v) is 6.17. The minimum atomic E-state index is 0.0954. The van der Waals surface area contributed by atoms with E-state index in [1.807, 2.05) is 26.0 Å². The first-order chi connectivity index (χ1) is 7.65. The van der Waals surface area contributed by atoms with Gasteiger partial charge in [0.15, 0.2) is 0 Å². The second kappa shape index (κ2) is 4.72. The summed E-state index contributed by atoms with van der Waals surface area (Å²) in [7, 11) is 0. The summed E-state index contributed by atoms with van der Waals surface area (Å²) in [5.41, 5.74) is 7.76. The van der Waals surface area contributed by atoms with E-state index >= 15 is 0 Å². The fraction of sp³-hybridized carbons (Fsp3) is 0.333. The van der Waals surface area contributed by atoms with Gasteiger partial charge < -0.3 is 5.73 Å². The lowest BCUT2D eigenvalue weighted by atomic mass is 10.2. The third-order valence-corrected chi connectivity index (χ3v) is 3.07. The molecule has 0 bridgehead atoms. The lowest BCUT2D eigenvalue weighted by molar-refractivity contribution is 0.700. The van der Waals surface area contributed by atoms with Crippen molar-refractivity contribution in [3.8, 4) is 10.6 Å². The molecule has 2 aromatic heterocycles. The average Bonchev–Trinajstić information content (AvgIpc) is 2.67. The lowest BCUT2D eigenvalue weighted by Crippen LogP contribution is -2.19. The summed E-state index contributed by atoms with van der Waals surface area (Å²) in [5.74, 6) is 0.832. The van der Waals surface area contributed by atoms with Crippen molar-refractivity contribution in [2.24, 2.45) is 5.73 Å². The highest BCUT2D eigenvalue weighted by atomic mass is 32.1. The smallest absolute Gasteiger partial charge is 0.130 e. The highest BCUT2D eigenvalue weighted by molar-refractivity contribution is 7.13. The third-order valence-electron chi connectivity index (χ3n) is 2.18. The Labute approximate surface area is 99.4 Å². The van der Waals surface area contributed by atoms with Crippen LogP contribution in [0.25, 0.3) is 10.6 Å². The molecule has 2 rings (SSSR count). The van der Waals surface area contributed by atoms with Crippen LogP contribution in [0, 0.1) is 6.92 Å². The topological polar surface area (TPSA) is 51.8 Å². The van der Waals surface area contributed by atoms with Crippen molar-refractivity contribution in [3.63, 3.8) is 0 Å². The van der Waals surface area contributed by atoms with Crippen molar-refractivity contribution in [2.75, 3.05) is 0 Å². The normalized spacial score (nSPS) is 12.7. The molecule has 0 aliphatic heterocycles. The highest BCUT2D eigenvalue weighted by Crippen LogP contribution is 2.23. The van der Waals surface area contributed by atoms with Crippen LogP contribution in [0.15, 0.2) is 23.6 Å². The molecule has 3 nitrogen and oxygen atoms in total. The van der Waals surface area contributed by atoms with Gasteiger partial charge in [0.25, 0.3) is 0 Å². The van der Waals surface area contributed by atoms with Crippen LogP contribution in [-0.2, 0) is 6.42 Å². The van der Waals surface area contributed by atoms with Crippen LogP contribution in [0.1, 0.15) is 18.4 Å². The zero-order valence-electron chi connectivity index (χ0n) is 9.47. The van der Waals surface area contributed by atoms with Gasteiger partial charge in [0.1, 0.15) is 5.82 Å². The molecule has 2 N–H and O–H groups in total. The van der Waals surface area contributed by atoms with Gasteiger partial charge in [-0.3, -0.25) is 0 Å². The number of hydrogen-bond donors (Lipinski definition) is 1. The van der Waals surface area contributed by atoms with Gasteiger partial charge in [-0.15, -0.1) is 11.3 Å². The van der Waals surface area contributed by atoms with Gasteiger partial charge in [-0.2, -0.15) is 0 Å². The van der Waals surface area contributed by atoms with Crippen molar-refractivity contribution in [1.82, 2.24) is 9.97 Å². The van der Waals surface area contributed by atoms with Gasteiger partial charge >= 0.3 is 0 Å². The standard InChI is InChI=1S/C12H15N3S/c1-8(13)6-12-14-9(2)7-10(15-12)11-4-3-5-16-11/h3-5,7-8H,6,13H2,1-2H3. The number of nitrogens with zero attached hydrogens (tertiary/aromatic N) is 2. The van der Waals surface area contributed by atoms with Crippen molar-refractivity contribution in [2.45, 2.75) is 26.3 Å². The number of nitrogens with two attached hydrogens (primary N) is 1. The summed E-state index contributed by atoms with van der Waals surface area (Å²) in [4.78, 5) is 10.1. The Morgan fingerprint density at radius 1 is 1.44 bits per heavy atom. The summed E-state index contributed by atoms with van der Waals surface area (Å²) >= 11 is 1.69. The molecule has 0 aromatic carbocycles. The Kier molecular flexibility index (Phi) is 3.31. The Hall–Kier alpha value is -1.26. The van der Waals surface area contributed by atoms with E-state index in [4.69, 9.17) is 5.73 Å². The first-order valence-electron chi connectivity index (χ1n) is 5.29. The summed E-state index contributed by atoms with van der Waals surface area (Å²) in [6.45, 7) is 3.96. The molecule has 0 aliphatic carbocycles. The molecule has 0 saturated heterocycles. The minimum absolute atomic E-state index is 0.0954. The number of aryl methyl sites for hydroxylation is 1. The van der Waals surface area contributed by atoms with Crippen LogP contribution in [0.5, 0.6) is 0 Å². The molecule has 0 radical (unpaired) electrons. The molecule has 1 unspecified atom stereocenters. The Bertz CT molecular complexity index is 463. The zero-order chi connectivity index (χ0) is 11.5. The molecule has 0 spiro atoms. The molecule has 0 fully saturated rings. The molecule has 0 saturated carbocycles. The maximum Gasteiger partial charge on any atom is 0.130 e. The Morgan fingerprint density at radius 3 is 2.88 bits per heavy atom. The minimum Gasteiger partial charge on any atom is -0.328 e. The fourth-order valence-electron chi connectivity index (χ4n) is 1.56. The molecule has 4 heteroatoms. The zero-order valence-corrected chi connectivity index (χ0v) is 10.3. The second-order valence-electron chi connectivity index (χ2n) is 3.97. The van der Waals surface area contributed by atoms with Gasteiger partial charge in [0, 0.05) is 18.2 Å². The summed E-state index contributed by atoms with van der Waals surface area (Å²) in [6, 6.07) is 6.21. The largest absolute Gasteiger partial charge is 0.328 e. The van der Waals surface area contributed by atoms with Crippen LogP contribution in [-0.4, -0.2) is 16.0 Å². The molecular formula is C12H15N3S. The molecule has 84 valence electrons.